The summed E-state index contributed by atoms with van der Waals surface area (Å²) in [6, 6.07) is 19.0. The van der Waals surface area contributed by atoms with Gasteiger partial charge in [-0.2, -0.15) is 0 Å². The van der Waals surface area contributed by atoms with Gasteiger partial charge in [0.2, 0.25) is 0 Å². The van der Waals surface area contributed by atoms with Crippen molar-refractivity contribution < 1.29 is 9.53 Å². The van der Waals surface area contributed by atoms with Crippen LogP contribution in [0.25, 0.3) is 0 Å². The van der Waals surface area contributed by atoms with Gasteiger partial charge in [0, 0.05) is 24.2 Å². The van der Waals surface area contributed by atoms with Gasteiger partial charge in [-0.1, -0.05) is 36.4 Å². The molecular weight excluding hydrogens is 360 g/mol. The van der Waals surface area contributed by atoms with Crippen LogP contribution in [0.15, 0.2) is 54.6 Å². The number of fused-ring (bicyclic) bond motifs is 3. The third-order valence-electron chi connectivity index (χ3n) is 6.89. The monoisotopic (exact) mass is 390 g/mol. The average Bonchev–Trinajstić information content (AvgIpc) is 3.03. The molecule has 3 aliphatic rings. The van der Waals surface area contributed by atoms with E-state index >= 15 is 0 Å². The fourth-order valence-corrected chi connectivity index (χ4v) is 5.49. The first-order chi connectivity index (χ1) is 14.3. The van der Waals surface area contributed by atoms with E-state index in [9.17, 15) is 4.79 Å². The van der Waals surface area contributed by atoms with Crippen LogP contribution < -0.4 is 10.1 Å². The minimum atomic E-state index is 0.221. The van der Waals surface area contributed by atoms with Crippen molar-refractivity contribution in [1.82, 2.24) is 10.2 Å². The number of nitrogens with one attached hydrogen (secondary N) is 1. The van der Waals surface area contributed by atoms with Crippen molar-refractivity contribution in [2.45, 2.75) is 56.7 Å². The van der Waals surface area contributed by atoms with Crippen LogP contribution in [0.5, 0.6) is 5.75 Å². The van der Waals surface area contributed by atoms with Gasteiger partial charge < -0.3 is 15.0 Å². The molecule has 0 spiro atoms. The summed E-state index contributed by atoms with van der Waals surface area (Å²) in [5, 5.41) is 3.67. The van der Waals surface area contributed by atoms with E-state index < -0.39 is 0 Å². The van der Waals surface area contributed by atoms with Crippen LogP contribution >= 0.6 is 0 Å². The largest absolute Gasteiger partial charge is 0.489 e. The Balaban J connectivity index is 1.12. The van der Waals surface area contributed by atoms with Crippen molar-refractivity contribution in [3.8, 4) is 5.75 Å². The van der Waals surface area contributed by atoms with Crippen molar-refractivity contribution >= 4 is 5.91 Å². The first kappa shape index (κ1) is 18.7. The summed E-state index contributed by atoms with van der Waals surface area (Å²) in [6.45, 7) is 1.94. The molecule has 3 heterocycles. The summed E-state index contributed by atoms with van der Waals surface area (Å²) in [7, 11) is 0. The highest BCUT2D eigenvalue weighted by molar-refractivity contribution is 5.94. The maximum absolute atomic E-state index is 13.0. The van der Waals surface area contributed by atoms with Gasteiger partial charge in [-0.05, 0) is 74.8 Å². The lowest BCUT2D eigenvalue weighted by Gasteiger charge is -2.39. The molecule has 0 aromatic heterocycles. The Bertz CT molecular complexity index is 839. The van der Waals surface area contributed by atoms with E-state index in [4.69, 9.17) is 4.74 Å². The summed E-state index contributed by atoms with van der Waals surface area (Å²) in [5.74, 6) is 1.93. The average molecular weight is 391 g/mol. The Morgan fingerprint density at radius 3 is 2.45 bits per heavy atom. The van der Waals surface area contributed by atoms with Crippen molar-refractivity contribution in [2.75, 3.05) is 13.1 Å². The molecule has 4 heteroatoms. The van der Waals surface area contributed by atoms with Gasteiger partial charge in [0.05, 0.1) is 0 Å². The lowest BCUT2D eigenvalue weighted by atomic mass is 9.90. The molecule has 1 amide bonds. The van der Waals surface area contributed by atoms with E-state index in [0.29, 0.717) is 18.0 Å². The second-order valence-electron chi connectivity index (χ2n) is 8.85. The summed E-state index contributed by atoms with van der Waals surface area (Å²) < 4.78 is 6.16. The van der Waals surface area contributed by atoms with Crippen molar-refractivity contribution in [2.24, 2.45) is 5.92 Å². The minimum absolute atomic E-state index is 0.221. The first-order valence-corrected chi connectivity index (χ1v) is 11.1. The van der Waals surface area contributed by atoms with Gasteiger partial charge in [0.15, 0.2) is 0 Å². The molecule has 2 saturated heterocycles. The smallest absolute Gasteiger partial charge is 0.254 e. The molecule has 2 fully saturated rings. The van der Waals surface area contributed by atoms with Crippen LogP contribution in [-0.4, -0.2) is 42.1 Å². The predicted octanol–water partition coefficient (Wildman–Crippen LogP) is 4.05. The molecule has 0 saturated carbocycles. The van der Waals surface area contributed by atoms with Crippen LogP contribution in [0, 0.1) is 5.92 Å². The molecule has 3 atom stereocenters. The minimum Gasteiger partial charge on any atom is -0.489 e. The molecule has 152 valence electrons. The third kappa shape index (κ3) is 3.91. The van der Waals surface area contributed by atoms with Crippen LogP contribution in [0.4, 0.5) is 0 Å². The molecule has 3 unspecified atom stereocenters. The van der Waals surface area contributed by atoms with Gasteiger partial charge in [-0.15, -0.1) is 0 Å². The normalized spacial score (nSPS) is 27.9. The Labute approximate surface area is 173 Å². The molecule has 2 aromatic rings. The predicted molar refractivity (Wildman–Crippen MR) is 114 cm³/mol. The number of aryl methyl sites for hydroxylation is 1. The Morgan fingerprint density at radius 2 is 1.66 bits per heavy atom. The van der Waals surface area contributed by atoms with Crippen LogP contribution in [-0.2, 0) is 6.42 Å². The lowest BCUT2D eigenvalue weighted by molar-refractivity contribution is 0.0521. The highest BCUT2D eigenvalue weighted by atomic mass is 16.5. The number of carbonyl (C=O) groups excluding carboxylic acids is 1. The summed E-state index contributed by atoms with van der Waals surface area (Å²) in [5.41, 5.74) is 2.16. The van der Waals surface area contributed by atoms with Crippen LogP contribution in [0.1, 0.15) is 48.0 Å². The number of benzene rings is 2. The number of piperidine rings is 1. The van der Waals surface area contributed by atoms with Gasteiger partial charge in [0.25, 0.3) is 5.91 Å². The molecule has 4 nitrogen and oxygen atoms in total. The highest BCUT2D eigenvalue weighted by Crippen LogP contribution is 2.39. The molecule has 0 radical (unpaired) electrons. The highest BCUT2D eigenvalue weighted by Gasteiger charge is 2.43. The van der Waals surface area contributed by atoms with Crippen molar-refractivity contribution in [1.29, 1.82) is 0 Å². The van der Waals surface area contributed by atoms with Crippen molar-refractivity contribution in [3.63, 3.8) is 0 Å². The summed E-state index contributed by atoms with van der Waals surface area (Å²) in [6.07, 6.45) is 7.00. The van der Waals surface area contributed by atoms with E-state index in [2.05, 4.69) is 34.5 Å². The Kier molecular flexibility index (Phi) is 5.28. The maximum atomic E-state index is 13.0. The summed E-state index contributed by atoms with van der Waals surface area (Å²) >= 11 is 0. The number of ether oxygens (including phenoxy) is 1. The fourth-order valence-electron chi connectivity index (χ4n) is 5.49. The molecule has 5 rings (SSSR count). The maximum Gasteiger partial charge on any atom is 0.254 e. The number of carbonyl (C=O) groups is 1. The quantitative estimate of drug-likeness (QED) is 0.837. The molecule has 29 heavy (non-hydrogen) atoms. The van der Waals surface area contributed by atoms with Crippen LogP contribution in [0.3, 0.4) is 0 Å². The number of hydrogen-bond donors (Lipinski definition) is 1. The Morgan fingerprint density at radius 1 is 0.931 bits per heavy atom. The molecule has 0 aliphatic carbocycles. The van der Waals surface area contributed by atoms with Crippen molar-refractivity contribution in [3.05, 3.63) is 65.7 Å². The van der Waals surface area contributed by atoms with Gasteiger partial charge in [0.1, 0.15) is 11.9 Å². The number of rotatable bonds is 5. The molecule has 3 aliphatic heterocycles. The third-order valence-corrected chi connectivity index (χ3v) is 6.89. The zero-order chi connectivity index (χ0) is 19.6. The van der Waals surface area contributed by atoms with E-state index in [1.165, 1.54) is 5.56 Å². The molecule has 2 bridgehead atoms. The number of nitrogens with zero attached hydrogens (tertiary/aromatic N) is 1. The topological polar surface area (TPSA) is 41.6 Å². The lowest BCUT2D eigenvalue weighted by Crippen LogP contribution is -2.48. The number of para-hydroxylation sites is 1. The van der Waals surface area contributed by atoms with E-state index in [-0.39, 0.29) is 12.0 Å². The first-order valence-electron chi connectivity index (χ1n) is 11.1. The standard InChI is InChI=1S/C25H30N2O2/c28-25(20-7-2-1-3-8-20)27-21-11-12-22(27)15-18(14-21)16-26-17-23-13-10-19-6-4-5-9-24(19)29-23/h1-9,18,21-23,26H,10-17H2. The summed E-state index contributed by atoms with van der Waals surface area (Å²) in [4.78, 5) is 15.2. The molecular formula is C25H30N2O2. The number of amides is 1. The van der Waals surface area contributed by atoms with E-state index in [1.54, 1.807) is 0 Å². The van der Waals surface area contributed by atoms with Gasteiger partial charge >= 0.3 is 0 Å². The van der Waals surface area contributed by atoms with E-state index in [1.807, 2.05) is 30.3 Å². The van der Waals surface area contributed by atoms with Crippen LogP contribution in [0.2, 0.25) is 0 Å². The SMILES string of the molecule is O=C(c1ccccc1)N1C2CCC1CC(CNCC1CCc3ccccc3O1)C2. The zero-order valence-corrected chi connectivity index (χ0v) is 16.9. The Hall–Kier alpha value is -2.33. The van der Waals surface area contributed by atoms with Gasteiger partial charge in [-0.25, -0.2) is 0 Å². The van der Waals surface area contributed by atoms with Gasteiger partial charge in [-0.3, -0.25) is 4.79 Å². The molecule has 2 aromatic carbocycles. The second kappa shape index (κ2) is 8.19. The number of hydrogen-bond acceptors (Lipinski definition) is 3. The van der Waals surface area contributed by atoms with E-state index in [0.717, 1.165) is 62.9 Å². The zero-order valence-electron chi connectivity index (χ0n) is 16.9. The second-order valence-corrected chi connectivity index (χ2v) is 8.85. The fraction of sp³-hybridized carbons (Fsp3) is 0.480. The molecule has 1 N–H and O–H groups in total.